The number of allylic oxidation sites excluding steroid dienone is 1. The van der Waals surface area contributed by atoms with Crippen molar-refractivity contribution in [3.05, 3.63) is 35.2 Å². The van der Waals surface area contributed by atoms with Gasteiger partial charge in [0, 0.05) is 17.3 Å². The van der Waals surface area contributed by atoms with E-state index in [1.54, 1.807) is 0 Å². The molecule has 0 aromatic carbocycles. The van der Waals surface area contributed by atoms with Crippen molar-refractivity contribution in [2.24, 2.45) is 0 Å². The zero-order valence-corrected chi connectivity index (χ0v) is 9.76. The Balaban J connectivity index is 3.08. The van der Waals surface area contributed by atoms with Crippen molar-refractivity contribution in [3.8, 4) is 0 Å². The van der Waals surface area contributed by atoms with Crippen molar-refractivity contribution in [1.29, 1.82) is 0 Å². The molecule has 0 radical (unpaired) electrons. The summed E-state index contributed by atoms with van der Waals surface area (Å²) in [5.74, 6) is 0. The summed E-state index contributed by atoms with van der Waals surface area (Å²) >= 11 is 0. The van der Waals surface area contributed by atoms with Gasteiger partial charge in [0.25, 0.3) is 0 Å². The lowest BCUT2D eigenvalue weighted by Gasteiger charge is -2.17. The molecule has 76 valence electrons. The minimum atomic E-state index is 0.130. The predicted octanol–water partition coefficient (Wildman–Crippen LogP) is 3.80. The Bertz CT molecular complexity index is 338. The summed E-state index contributed by atoms with van der Waals surface area (Å²) in [4.78, 5) is 4.39. The SMILES string of the molecule is CC(C)=Cc1ccnc(C(C)(C)C)c1. The van der Waals surface area contributed by atoms with Crippen molar-refractivity contribution in [3.63, 3.8) is 0 Å². The minimum Gasteiger partial charge on any atom is -0.261 e. The molecule has 0 bridgehead atoms. The summed E-state index contributed by atoms with van der Waals surface area (Å²) in [6.07, 6.45) is 4.06. The van der Waals surface area contributed by atoms with Gasteiger partial charge in [-0.25, -0.2) is 0 Å². The summed E-state index contributed by atoms with van der Waals surface area (Å²) in [6, 6.07) is 4.20. The Morgan fingerprint density at radius 1 is 1.29 bits per heavy atom. The maximum Gasteiger partial charge on any atom is 0.0462 e. The van der Waals surface area contributed by atoms with Gasteiger partial charge in [0.2, 0.25) is 0 Å². The third-order valence-corrected chi connectivity index (χ3v) is 2.01. The average molecular weight is 189 g/mol. The molecule has 1 heterocycles. The highest BCUT2D eigenvalue weighted by atomic mass is 14.7. The summed E-state index contributed by atoms with van der Waals surface area (Å²) in [5.41, 5.74) is 3.83. The number of rotatable bonds is 1. The van der Waals surface area contributed by atoms with E-state index < -0.39 is 0 Å². The zero-order valence-electron chi connectivity index (χ0n) is 9.76. The van der Waals surface area contributed by atoms with Crippen molar-refractivity contribution < 1.29 is 0 Å². The first-order chi connectivity index (χ1) is 6.39. The molecule has 0 atom stereocenters. The molecule has 0 saturated heterocycles. The van der Waals surface area contributed by atoms with E-state index in [0.717, 1.165) is 5.69 Å². The van der Waals surface area contributed by atoms with Crippen LogP contribution >= 0.6 is 0 Å². The number of pyridine rings is 1. The van der Waals surface area contributed by atoms with E-state index in [1.165, 1.54) is 11.1 Å². The van der Waals surface area contributed by atoms with Crippen LogP contribution in [-0.2, 0) is 5.41 Å². The van der Waals surface area contributed by atoms with Crippen molar-refractivity contribution in [1.82, 2.24) is 4.98 Å². The molecular formula is C13H19N. The fourth-order valence-electron chi connectivity index (χ4n) is 1.28. The third kappa shape index (κ3) is 2.99. The van der Waals surface area contributed by atoms with Gasteiger partial charge in [-0.05, 0) is 31.5 Å². The lowest BCUT2D eigenvalue weighted by Crippen LogP contribution is -2.13. The normalized spacial score (nSPS) is 11.2. The van der Waals surface area contributed by atoms with Crippen LogP contribution in [0.15, 0.2) is 23.9 Å². The second-order valence-electron chi connectivity index (χ2n) is 4.95. The van der Waals surface area contributed by atoms with Crippen LogP contribution in [0.5, 0.6) is 0 Å². The van der Waals surface area contributed by atoms with E-state index in [4.69, 9.17) is 0 Å². The molecule has 0 unspecified atom stereocenters. The molecule has 1 aromatic heterocycles. The quantitative estimate of drug-likeness (QED) is 0.654. The van der Waals surface area contributed by atoms with Crippen molar-refractivity contribution >= 4 is 6.08 Å². The molecule has 0 saturated carbocycles. The molecule has 0 aliphatic rings. The second-order valence-corrected chi connectivity index (χ2v) is 4.95. The molecular weight excluding hydrogens is 170 g/mol. The summed E-state index contributed by atoms with van der Waals surface area (Å²) in [6.45, 7) is 10.8. The Labute approximate surface area is 86.9 Å². The molecule has 0 aliphatic heterocycles. The summed E-state index contributed by atoms with van der Waals surface area (Å²) in [7, 11) is 0. The van der Waals surface area contributed by atoms with Gasteiger partial charge in [0.1, 0.15) is 0 Å². The van der Waals surface area contributed by atoms with Gasteiger partial charge in [-0.1, -0.05) is 32.4 Å². The smallest absolute Gasteiger partial charge is 0.0462 e. The molecule has 1 rings (SSSR count). The van der Waals surface area contributed by atoms with Crippen molar-refractivity contribution in [2.75, 3.05) is 0 Å². The Kier molecular flexibility index (Phi) is 3.10. The Morgan fingerprint density at radius 3 is 2.43 bits per heavy atom. The van der Waals surface area contributed by atoms with Gasteiger partial charge < -0.3 is 0 Å². The molecule has 0 N–H and O–H groups in total. The second kappa shape index (κ2) is 3.95. The van der Waals surface area contributed by atoms with Crippen LogP contribution in [0.25, 0.3) is 6.08 Å². The van der Waals surface area contributed by atoms with Crippen LogP contribution in [-0.4, -0.2) is 4.98 Å². The number of hydrogen-bond donors (Lipinski definition) is 0. The molecule has 1 aromatic rings. The summed E-state index contributed by atoms with van der Waals surface area (Å²) < 4.78 is 0. The standard InChI is InChI=1S/C13H19N/c1-10(2)8-11-6-7-14-12(9-11)13(3,4)5/h6-9H,1-5H3. The molecule has 0 spiro atoms. The number of nitrogens with zero attached hydrogens (tertiary/aromatic N) is 1. The maximum absolute atomic E-state index is 4.39. The fourth-order valence-corrected chi connectivity index (χ4v) is 1.28. The lowest BCUT2D eigenvalue weighted by atomic mass is 9.91. The van der Waals surface area contributed by atoms with Gasteiger partial charge >= 0.3 is 0 Å². The molecule has 0 fully saturated rings. The van der Waals surface area contributed by atoms with Gasteiger partial charge in [0.05, 0.1) is 0 Å². The fraction of sp³-hybridized carbons (Fsp3) is 0.462. The van der Waals surface area contributed by atoms with E-state index in [2.05, 4.69) is 51.7 Å². The number of aromatic nitrogens is 1. The van der Waals surface area contributed by atoms with E-state index in [1.807, 2.05) is 12.3 Å². The molecule has 14 heavy (non-hydrogen) atoms. The average Bonchev–Trinajstić information content (AvgIpc) is 2.01. The van der Waals surface area contributed by atoms with Gasteiger partial charge in [0.15, 0.2) is 0 Å². The molecule has 1 heteroatoms. The minimum absolute atomic E-state index is 0.130. The zero-order chi connectivity index (χ0) is 10.8. The van der Waals surface area contributed by atoms with Gasteiger partial charge in [-0.2, -0.15) is 0 Å². The predicted molar refractivity (Wildman–Crippen MR) is 62.3 cm³/mol. The van der Waals surface area contributed by atoms with E-state index in [-0.39, 0.29) is 5.41 Å². The Hall–Kier alpha value is -1.11. The summed E-state index contributed by atoms with van der Waals surface area (Å²) in [5, 5.41) is 0. The first-order valence-corrected chi connectivity index (χ1v) is 5.01. The topological polar surface area (TPSA) is 12.9 Å². The maximum atomic E-state index is 4.39. The largest absolute Gasteiger partial charge is 0.261 e. The van der Waals surface area contributed by atoms with Crippen LogP contribution < -0.4 is 0 Å². The highest BCUT2D eigenvalue weighted by Crippen LogP contribution is 2.21. The van der Waals surface area contributed by atoms with Gasteiger partial charge in [-0.3, -0.25) is 4.98 Å². The highest BCUT2D eigenvalue weighted by Gasteiger charge is 2.14. The van der Waals surface area contributed by atoms with Crippen LogP contribution in [0.4, 0.5) is 0 Å². The number of hydrogen-bond acceptors (Lipinski definition) is 1. The third-order valence-electron chi connectivity index (χ3n) is 2.01. The van der Waals surface area contributed by atoms with Crippen LogP contribution in [0.3, 0.4) is 0 Å². The first kappa shape index (κ1) is 11.0. The van der Waals surface area contributed by atoms with Gasteiger partial charge in [-0.15, -0.1) is 0 Å². The van der Waals surface area contributed by atoms with Crippen molar-refractivity contribution in [2.45, 2.75) is 40.0 Å². The Morgan fingerprint density at radius 2 is 1.93 bits per heavy atom. The monoisotopic (exact) mass is 189 g/mol. The van der Waals surface area contributed by atoms with E-state index >= 15 is 0 Å². The van der Waals surface area contributed by atoms with E-state index in [0.29, 0.717) is 0 Å². The lowest BCUT2D eigenvalue weighted by molar-refractivity contribution is 0.569. The van der Waals surface area contributed by atoms with Crippen LogP contribution in [0.2, 0.25) is 0 Å². The van der Waals surface area contributed by atoms with Crippen LogP contribution in [0.1, 0.15) is 45.9 Å². The first-order valence-electron chi connectivity index (χ1n) is 5.01. The van der Waals surface area contributed by atoms with E-state index in [9.17, 15) is 0 Å². The highest BCUT2D eigenvalue weighted by molar-refractivity contribution is 5.52. The molecule has 0 amide bonds. The molecule has 1 nitrogen and oxygen atoms in total. The molecule has 0 aliphatic carbocycles. The van der Waals surface area contributed by atoms with Crippen LogP contribution in [0, 0.1) is 0 Å².